The van der Waals surface area contributed by atoms with Crippen LogP contribution in [0, 0.1) is 0 Å². The predicted molar refractivity (Wildman–Crippen MR) is 35.0 cm³/mol. The van der Waals surface area contributed by atoms with Gasteiger partial charge in [0.25, 0.3) is 0 Å². The molecule has 1 rings (SSSR count). The van der Waals surface area contributed by atoms with Crippen molar-refractivity contribution in [2.24, 2.45) is 0 Å². The van der Waals surface area contributed by atoms with E-state index in [1.54, 1.807) is 12.7 Å². The summed E-state index contributed by atoms with van der Waals surface area (Å²) in [6.45, 7) is 6.26. The van der Waals surface area contributed by atoms with Crippen LogP contribution in [0.4, 0.5) is 0 Å². The molecule has 1 aromatic heterocycles. The van der Waals surface area contributed by atoms with Gasteiger partial charge in [-0.25, -0.2) is 9.67 Å². The van der Waals surface area contributed by atoms with Crippen molar-refractivity contribution in [1.82, 2.24) is 14.8 Å². The van der Waals surface area contributed by atoms with Gasteiger partial charge in [-0.1, -0.05) is 0 Å². The van der Waals surface area contributed by atoms with Crippen LogP contribution in [0.15, 0.2) is 12.7 Å². The van der Waals surface area contributed by atoms with E-state index < -0.39 is 0 Å². The third-order valence-electron chi connectivity index (χ3n) is 1.11. The third-order valence-corrected chi connectivity index (χ3v) is 1.11. The summed E-state index contributed by atoms with van der Waals surface area (Å²) in [7, 11) is 0. The SMILES string of the molecule is CC(C)(C)n1cncn1. The third kappa shape index (κ3) is 1.28. The molecule has 3 nitrogen and oxygen atoms in total. The van der Waals surface area contributed by atoms with E-state index >= 15 is 0 Å². The molecular formula is C6H11N3. The van der Waals surface area contributed by atoms with Crippen molar-refractivity contribution < 1.29 is 0 Å². The summed E-state index contributed by atoms with van der Waals surface area (Å²) < 4.78 is 1.83. The zero-order valence-electron chi connectivity index (χ0n) is 6.00. The van der Waals surface area contributed by atoms with Gasteiger partial charge < -0.3 is 0 Å². The van der Waals surface area contributed by atoms with Crippen molar-refractivity contribution in [1.29, 1.82) is 0 Å². The molecule has 0 N–H and O–H groups in total. The molecule has 0 saturated heterocycles. The molecule has 0 aliphatic heterocycles. The van der Waals surface area contributed by atoms with Gasteiger partial charge in [-0.15, -0.1) is 0 Å². The van der Waals surface area contributed by atoms with Crippen molar-refractivity contribution >= 4 is 0 Å². The first kappa shape index (κ1) is 6.26. The molecule has 0 aromatic carbocycles. The number of aromatic nitrogens is 3. The van der Waals surface area contributed by atoms with Gasteiger partial charge in [0.2, 0.25) is 0 Å². The van der Waals surface area contributed by atoms with E-state index in [1.807, 2.05) is 4.68 Å². The number of rotatable bonds is 0. The van der Waals surface area contributed by atoms with Crippen LogP contribution in [0.2, 0.25) is 0 Å². The summed E-state index contributed by atoms with van der Waals surface area (Å²) in [4.78, 5) is 3.84. The lowest BCUT2D eigenvalue weighted by Crippen LogP contribution is -2.21. The maximum atomic E-state index is 3.99. The summed E-state index contributed by atoms with van der Waals surface area (Å²) >= 11 is 0. The van der Waals surface area contributed by atoms with Gasteiger partial charge in [0, 0.05) is 0 Å². The minimum absolute atomic E-state index is 0.0660. The van der Waals surface area contributed by atoms with Gasteiger partial charge in [0.15, 0.2) is 0 Å². The Hall–Kier alpha value is -0.860. The Morgan fingerprint density at radius 3 is 2.22 bits per heavy atom. The van der Waals surface area contributed by atoms with Crippen LogP contribution in [-0.4, -0.2) is 14.8 Å². The average molecular weight is 125 g/mol. The van der Waals surface area contributed by atoms with Gasteiger partial charge in [-0.3, -0.25) is 0 Å². The summed E-state index contributed by atoms with van der Waals surface area (Å²) in [5.41, 5.74) is 0.0660. The fourth-order valence-electron chi connectivity index (χ4n) is 0.555. The number of nitrogens with zero attached hydrogens (tertiary/aromatic N) is 3. The molecule has 3 heteroatoms. The topological polar surface area (TPSA) is 30.7 Å². The zero-order chi connectivity index (χ0) is 6.91. The highest BCUT2D eigenvalue weighted by atomic mass is 15.3. The fourth-order valence-corrected chi connectivity index (χ4v) is 0.555. The minimum Gasteiger partial charge on any atom is -0.248 e. The number of hydrogen-bond donors (Lipinski definition) is 0. The molecule has 0 fully saturated rings. The molecule has 0 radical (unpaired) electrons. The number of hydrogen-bond acceptors (Lipinski definition) is 2. The Morgan fingerprint density at radius 1 is 1.33 bits per heavy atom. The average Bonchev–Trinajstić information content (AvgIpc) is 2.08. The lowest BCUT2D eigenvalue weighted by molar-refractivity contribution is 0.354. The van der Waals surface area contributed by atoms with Crippen LogP contribution < -0.4 is 0 Å². The first-order valence-electron chi connectivity index (χ1n) is 2.96. The molecule has 50 valence electrons. The fraction of sp³-hybridized carbons (Fsp3) is 0.667. The Labute approximate surface area is 54.7 Å². The summed E-state index contributed by atoms with van der Waals surface area (Å²) in [6.07, 6.45) is 3.27. The molecule has 0 aliphatic carbocycles. The molecule has 0 unspecified atom stereocenters. The van der Waals surface area contributed by atoms with E-state index in [4.69, 9.17) is 0 Å². The molecule has 1 aromatic rings. The second kappa shape index (κ2) is 1.83. The first-order chi connectivity index (χ1) is 4.11. The van der Waals surface area contributed by atoms with E-state index in [0.717, 1.165) is 0 Å². The van der Waals surface area contributed by atoms with Gasteiger partial charge in [0.05, 0.1) is 5.54 Å². The van der Waals surface area contributed by atoms with E-state index in [1.165, 1.54) is 0 Å². The summed E-state index contributed by atoms with van der Waals surface area (Å²) in [5, 5.41) is 3.99. The van der Waals surface area contributed by atoms with E-state index in [2.05, 4.69) is 30.9 Å². The summed E-state index contributed by atoms with van der Waals surface area (Å²) in [6, 6.07) is 0. The van der Waals surface area contributed by atoms with E-state index in [-0.39, 0.29) is 5.54 Å². The lowest BCUT2D eigenvalue weighted by atomic mass is 10.1. The minimum atomic E-state index is 0.0660. The van der Waals surface area contributed by atoms with Crippen molar-refractivity contribution in [2.45, 2.75) is 26.3 Å². The first-order valence-corrected chi connectivity index (χ1v) is 2.96. The van der Waals surface area contributed by atoms with Crippen molar-refractivity contribution in [3.05, 3.63) is 12.7 Å². The van der Waals surface area contributed by atoms with Crippen LogP contribution in [0.1, 0.15) is 20.8 Å². The molecule has 0 atom stereocenters. The van der Waals surface area contributed by atoms with Crippen LogP contribution >= 0.6 is 0 Å². The Bertz CT molecular complexity index is 171. The van der Waals surface area contributed by atoms with E-state index in [9.17, 15) is 0 Å². The Balaban J connectivity index is 2.90. The molecule has 0 spiro atoms. The van der Waals surface area contributed by atoms with Gasteiger partial charge in [-0.2, -0.15) is 5.10 Å². The van der Waals surface area contributed by atoms with Gasteiger partial charge in [-0.05, 0) is 20.8 Å². The lowest BCUT2D eigenvalue weighted by Gasteiger charge is -2.17. The molecule has 1 heterocycles. The van der Waals surface area contributed by atoms with Crippen molar-refractivity contribution in [3.8, 4) is 0 Å². The molecule has 0 amide bonds. The van der Waals surface area contributed by atoms with Crippen molar-refractivity contribution in [2.75, 3.05) is 0 Å². The Morgan fingerprint density at radius 2 is 2.00 bits per heavy atom. The molecule has 9 heavy (non-hydrogen) atoms. The van der Waals surface area contributed by atoms with Gasteiger partial charge >= 0.3 is 0 Å². The standard InChI is InChI=1S/C6H11N3/c1-6(2,3)9-5-7-4-8-9/h4-5H,1-3H3. The van der Waals surface area contributed by atoms with E-state index in [0.29, 0.717) is 0 Å². The quantitative estimate of drug-likeness (QED) is 0.518. The van der Waals surface area contributed by atoms with Gasteiger partial charge in [0.1, 0.15) is 12.7 Å². The summed E-state index contributed by atoms with van der Waals surface area (Å²) in [5.74, 6) is 0. The van der Waals surface area contributed by atoms with Crippen LogP contribution in [0.3, 0.4) is 0 Å². The maximum absolute atomic E-state index is 3.99. The van der Waals surface area contributed by atoms with Crippen LogP contribution in [-0.2, 0) is 5.54 Å². The molecule has 0 saturated carbocycles. The second-order valence-electron chi connectivity index (χ2n) is 3.01. The maximum Gasteiger partial charge on any atom is 0.137 e. The highest BCUT2D eigenvalue weighted by molar-refractivity contribution is 4.70. The second-order valence-corrected chi connectivity index (χ2v) is 3.01. The Kier molecular flexibility index (Phi) is 1.27. The smallest absolute Gasteiger partial charge is 0.137 e. The molecular weight excluding hydrogens is 114 g/mol. The van der Waals surface area contributed by atoms with Crippen LogP contribution in [0.25, 0.3) is 0 Å². The van der Waals surface area contributed by atoms with Crippen molar-refractivity contribution in [3.63, 3.8) is 0 Å². The van der Waals surface area contributed by atoms with Crippen LogP contribution in [0.5, 0.6) is 0 Å². The highest BCUT2D eigenvalue weighted by Crippen LogP contribution is 2.08. The zero-order valence-corrected chi connectivity index (χ0v) is 6.00. The molecule has 0 aliphatic rings. The monoisotopic (exact) mass is 125 g/mol. The predicted octanol–water partition coefficient (Wildman–Crippen LogP) is 1.03. The normalized spacial score (nSPS) is 11.9. The molecule has 0 bridgehead atoms. The largest absolute Gasteiger partial charge is 0.248 e. The highest BCUT2D eigenvalue weighted by Gasteiger charge is 2.11.